The normalized spacial score (nSPS) is 13.5. The van der Waals surface area contributed by atoms with Crippen molar-refractivity contribution < 1.29 is 9.21 Å². The number of aromatic nitrogens is 2. The molecule has 0 radical (unpaired) electrons. The molecule has 0 bridgehead atoms. The highest BCUT2D eigenvalue weighted by molar-refractivity contribution is 9.10. The topological polar surface area (TPSA) is 68.3 Å². The van der Waals surface area contributed by atoms with Gasteiger partial charge in [0.25, 0.3) is 5.56 Å². The third-order valence-corrected chi connectivity index (χ3v) is 8.23. The molecule has 0 aliphatic carbocycles. The van der Waals surface area contributed by atoms with E-state index in [4.69, 9.17) is 9.40 Å². The van der Waals surface area contributed by atoms with E-state index in [1.165, 1.54) is 11.3 Å². The number of benzene rings is 1. The fourth-order valence-corrected chi connectivity index (χ4v) is 6.36. The number of thioether (sulfide) groups is 1. The number of carbonyl (C=O) groups excluding carboxylic acids is 1. The van der Waals surface area contributed by atoms with Crippen LogP contribution in [0.25, 0.3) is 10.2 Å². The van der Waals surface area contributed by atoms with Crippen LogP contribution in [0.5, 0.6) is 0 Å². The smallest absolute Gasteiger partial charge is 0.263 e. The zero-order valence-corrected chi connectivity index (χ0v) is 20.6. The molecule has 1 amide bonds. The van der Waals surface area contributed by atoms with Crippen molar-refractivity contribution in [1.82, 2.24) is 14.5 Å². The standard InChI is InChI=1S/C23H20BrN3O3S2/c1-14(28)26-9-8-18-19(12-26)32-21-20(18)22(29)27(11-17-3-2-10-30-17)23(25-21)31-13-15-4-6-16(24)7-5-15/h2-7,10H,8-9,11-13H2,1H3. The number of carbonyl (C=O) groups is 1. The lowest BCUT2D eigenvalue weighted by molar-refractivity contribution is -0.129. The Bertz CT molecular complexity index is 1340. The SMILES string of the molecule is CC(=O)N1CCc2c(sc3nc(SCc4ccc(Br)cc4)n(Cc4ccco4)c(=O)c23)C1. The van der Waals surface area contributed by atoms with Gasteiger partial charge in [-0.3, -0.25) is 14.2 Å². The first-order valence-corrected chi connectivity index (χ1v) is 12.8. The van der Waals surface area contributed by atoms with Gasteiger partial charge in [-0.1, -0.05) is 39.8 Å². The lowest BCUT2D eigenvalue weighted by Gasteiger charge is -2.25. The van der Waals surface area contributed by atoms with Gasteiger partial charge in [0, 0.05) is 28.6 Å². The molecule has 0 atom stereocenters. The average molecular weight is 530 g/mol. The van der Waals surface area contributed by atoms with Gasteiger partial charge in [-0.2, -0.15) is 0 Å². The van der Waals surface area contributed by atoms with Gasteiger partial charge in [-0.05, 0) is 41.8 Å². The van der Waals surface area contributed by atoms with Crippen LogP contribution in [-0.4, -0.2) is 26.9 Å². The lowest BCUT2D eigenvalue weighted by Crippen LogP contribution is -2.34. The van der Waals surface area contributed by atoms with Gasteiger partial charge in [0.2, 0.25) is 5.91 Å². The fourth-order valence-electron chi connectivity index (χ4n) is 3.86. The van der Waals surface area contributed by atoms with Crippen molar-refractivity contribution in [3.8, 4) is 0 Å². The van der Waals surface area contributed by atoms with Crippen molar-refractivity contribution >= 4 is 55.2 Å². The highest BCUT2D eigenvalue weighted by Crippen LogP contribution is 2.34. The lowest BCUT2D eigenvalue weighted by atomic mass is 10.1. The van der Waals surface area contributed by atoms with E-state index in [9.17, 15) is 9.59 Å². The maximum absolute atomic E-state index is 13.7. The van der Waals surface area contributed by atoms with Gasteiger partial charge in [-0.15, -0.1) is 11.3 Å². The molecule has 1 aromatic carbocycles. The number of amides is 1. The summed E-state index contributed by atoms with van der Waals surface area (Å²) in [6, 6.07) is 11.8. The van der Waals surface area contributed by atoms with E-state index in [1.807, 2.05) is 29.2 Å². The number of fused-ring (bicyclic) bond motifs is 3. The Morgan fingerprint density at radius 3 is 2.81 bits per heavy atom. The van der Waals surface area contributed by atoms with Crippen LogP contribution in [0.15, 0.2) is 61.5 Å². The molecule has 5 rings (SSSR count). The number of hydrogen-bond acceptors (Lipinski definition) is 6. The maximum atomic E-state index is 13.7. The molecule has 4 heterocycles. The molecule has 9 heteroatoms. The Kier molecular flexibility index (Phi) is 5.96. The van der Waals surface area contributed by atoms with Crippen molar-refractivity contribution in [2.24, 2.45) is 0 Å². The van der Waals surface area contributed by atoms with E-state index in [-0.39, 0.29) is 11.5 Å². The zero-order valence-electron chi connectivity index (χ0n) is 17.3. The third kappa shape index (κ3) is 4.16. The summed E-state index contributed by atoms with van der Waals surface area (Å²) < 4.78 is 8.28. The molecule has 1 aliphatic heterocycles. The summed E-state index contributed by atoms with van der Waals surface area (Å²) in [6.45, 7) is 3.10. The first-order chi connectivity index (χ1) is 15.5. The summed E-state index contributed by atoms with van der Waals surface area (Å²) >= 11 is 6.54. The van der Waals surface area contributed by atoms with Crippen LogP contribution in [-0.2, 0) is 30.1 Å². The van der Waals surface area contributed by atoms with E-state index < -0.39 is 0 Å². The third-order valence-electron chi connectivity index (χ3n) is 5.55. The van der Waals surface area contributed by atoms with Gasteiger partial charge < -0.3 is 9.32 Å². The highest BCUT2D eigenvalue weighted by Gasteiger charge is 2.26. The average Bonchev–Trinajstić information content (AvgIpc) is 3.42. The quantitative estimate of drug-likeness (QED) is 0.267. The number of rotatable bonds is 5. The number of furan rings is 1. The molecule has 1 aliphatic rings. The Balaban J connectivity index is 1.57. The zero-order chi connectivity index (χ0) is 22.2. The minimum Gasteiger partial charge on any atom is -0.467 e. The molecule has 0 spiro atoms. The fraction of sp³-hybridized carbons (Fsp3) is 0.261. The summed E-state index contributed by atoms with van der Waals surface area (Å²) in [5.41, 5.74) is 2.15. The predicted molar refractivity (Wildman–Crippen MR) is 130 cm³/mol. The molecular weight excluding hydrogens is 510 g/mol. The second-order valence-corrected chi connectivity index (χ2v) is 10.6. The van der Waals surface area contributed by atoms with Gasteiger partial charge in [-0.25, -0.2) is 4.98 Å². The summed E-state index contributed by atoms with van der Waals surface area (Å²) in [6.07, 6.45) is 2.29. The molecule has 6 nitrogen and oxygen atoms in total. The first-order valence-electron chi connectivity index (χ1n) is 10.2. The summed E-state index contributed by atoms with van der Waals surface area (Å²) in [5.74, 6) is 1.47. The van der Waals surface area contributed by atoms with Crippen molar-refractivity contribution in [2.45, 2.75) is 37.3 Å². The molecule has 0 saturated carbocycles. The van der Waals surface area contributed by atoms with Crippen molar-refractivity contribution in [2.75, 3.05) is 6.54 Å². The van der Waals surface area contributed by atoms with Crippen LogP contribution in [0, 0.1) is 0 Å². The minimum atomic E-state index is -0.0431. The Morgan fingerprint density at radius 1 is 1.28 bits per heavy atom. The molecule has 32 heavy (non-hydrogen) atoms. The van der Waals surface area contributed by atoms with Crippen LogP contribution >= 0.6 is 39.0 Å². The van der Waals surface area contributed by atoms with E-state index in [2.05, 4.69) is 28.1 Å². The van der Waals surface area contributed by atoms with E-state index in [0.717, 1.165) is 25.3 Å². The second-order valence-electron chi connectivity index (χ2n) is 7.65. The molecule has 0 N–H and O–H groups in total. The Hall–Kier alpha value is -2.36. The first kappa shape index (κ1) is 21.5. The summed E-state index contributed by atoms with van der Waals surface area (Å²) in [5, 5.41) is 1.36. The number of nitrogens with zero attached hydrogens (tertiary/aromatic N) is 3. The largest absolute Gasteiger partial charge is 0.467 e. The summed E-state index contributed by atoms with van der Waals surface area (Å²) in [7, 11) is 0. The van der Waals surface area contributed by atoms with Gasteiger partial charge in [0.15, 0.2) is 5.16 Å². The Labute approximate surface area is 201 Å². The van der Waals surface area contributed by atoms with Gasteiger partial charge in [0.05, 0.1) is 24.7 Å². The molecule has 164 valence electrons. The van der Waals surface area contributed by atoms with Crippen molar-refractivity contribution in [3.05, 3.63) is 79.3 Å². The molecule has 0 fully saturated rings. The number of halogens is 1. The molecular formula is C23H20BrN3O3S2. The van der Waals surface area contributed by atoms with Crippen LogP contribution < -0.4 is 5.56 Å². The van der Waals surface area contributed by atoms with Crippen molar-refractivity contribution in [1.29, 1.82) is 0 Å². The minimum absolute atomic E-state index is 0.0431. The molecule has 4 aromatic rings. The monoisotopic (exact) mass is 529 g/mol. The highest BCUT2D eigenvalue weighted by atomic mass is 79.9. The number of thiophene rings is 1. The second kappa shape index (κ2) is 8.88. The van der Waals surface area contributed by atoms with E-state index in [1.54, 1.807) is 29.5 Å². The van der Waals surface area contributed by atoms with E-state index in [0.29, 0.717) is 48.1 Å². The van der Waals surface area contributed by atoms with Gasteiger partial charge in [0.1, 0.15) is 10.6 Å². The van der Waals surface area contributed by atoms with Crippen LogP contribution in [0.3, 0.4) is 0 Å². The van der Waals surface area contributed by atoms with E-state index >= 15 is 0 Å². The predicted octanol–water partition coefficient (Wildman–Crippen LogP) is 5.06. The Morgan fingerprint density at radius 2 is 2.09 bits per heavy atom. The maximum Gasteiger partial charge on any atom is 0.263 e. The molecule has 0 saturated heterocycles. The van der Waals surface area contributed by atoms with Crippen LogP contribution in [0.1, 0.15) is 28.7 Å². The van der Waals surface area contributed by atoms with Crippen LogP contribution in [0.2, 0.25) is 0 Å². The van der Waals surface area contributed by atoms with Crippen molar-refractivity contribution in [3.63, 3.8) is 0 Å². The molecule has 3 aromatic heterocycles. The molecule has 0 unspecified atom stereocenters. The number of hydrogen-bond donors (Lipinski definition) is 0. The summed E-state index contributed by atoms with van der Waals surface area (Å²) in [4.78, 5) is 34.1. The van der Waals surface area contributed by atoms with Gasteiger partial charge >= 0.3 is 0 Å². The van der Waals surface area contributed by atoms with Crippen LogP contribution in [0.4, 0.5) is 0 Å².